The van der Waals surface area contributed by atoms with Gasteiger partial charge in [0, 0.05) is 30.4 Å². The Morgan fingerprint density at radius 3 is 3.00 bits per heavy atom. The summed E-state index contributed by atoms with van der Waals surface area (Å²) in [7, 11) is 0. The number of carbonyl (C=O) groups excluding carboxylic acids is 2. The second-order valence-electron chi connectivity index (χ2n) is 5.51. The number of ether oxygens (including phenoxy) is 1. The van der Waals surface area contributed by atoms with Crippen LogP contribution in [-0.4, -0.2) is 23.4 Å². The van der Waals surface area contributed by atoms with E-state index in [0.29, 0.717) is 24.7 Å². The van der Waals surface area contributed by atoms with Crippen molar-refractivity contribution in [2.75, 3.05) is 11.9 Å². The first-order valence-corrected chi connectivity index (χ1v) is 7.92. The predicted molar refractivity (Wildman–Crippen MR) is 89.7 cm³/mol. The van der Waals surface area contributed by atoms with Gasteiger partial charge >= 0.3 is 0 Å². The summed E-state index contributed by atoms with van der Waals surface area (Å²) in [6.45, 7) is 2.70. The van der Waals surface area contributed by atoms with Crippen LogP contribution in [0, 0.1) is 0 Å². The third-order valence-corrected chi connectivity index (χ3v) is 3.90. The third kappa shape index (κ3) is 3.37. The standard InChI is InChI=1S/C18H19N3O3/c1-2-24-18-12(6-5-9-19-18)11-20-17(23)14-10-16(22)21-15-8-4-3-7-13(14)15/h3-9,14H,2,10-11H2,1H3,(H,20,23)(H,21,22)/t14-/m1/s1. The van der Waals surface area contributed by atoms with Gasteiger partial charge in [0.05, 0.1) is 12.5 Å². The van der Waals surface area contributed by atoms with Gasteiger partial charge in [-0.1, -0.05) is 24.3 Å². The second kappa shape index (κ2) is 7.12. The number of amides is 2. The molecule has 0 bridgehead atoms. The first-order chi connectivity index (χ1) is 11.7. The maximum atomic E-state index is 12.6. The van der Waals surface area contributed by atoms with Gasteiger partial charge in [0.2, 0.25) is 17.7 Å². The van der Waals surface area contributed by atoms with E-state index in [-0.39, 0.29) is 18.2 Å². The molecule has 1 atom stereocenters. The summed E-state index contributed by atoms with van der Waals surface area (Å²) in [5.41, 5.74) is 2.34. The third-order valence-electron chi connectivity index (χ3n) is 3.90. The monoisotopic (exact) mass is 325 g/mol. The number of benzene rings is 1. The van der Waals surface area contributed by atoms with Gasteiger partial charge < -0.3 is 15.4 Å². The lowest BCUT2D eigenvalue weighted by atomic mass is 9.90. The van der Waals surface area contributed by atoms with Crippen LogP contribution in [0.2, 0.25) is 0 Å². The Bertz CT molecular complexity index is 761. The van der Waals surface area contributed by atoms with E-state index in [2.05, 4.69) is 15.6 Å². The Labute approximate surface area is 140 Å². The van der Waals surface area contributed by atoms with Gasteiger partial charge in [-0.2, -0.15) is 0 Å². The molecule has 2 amide bonds. The number of carbonyl (C=O) groups is 2. The minimum Gasteiger partial charge on any atom is -0.478 e. The smallest absolute Gasteiger partial charge is 0.228 e. The van der Waals surface area contributed by atoms with E-state index in [1.165, 1.54) is 0 Å². The summed E-state index contributed by atoms with van der Waals surface area (Å²) in [6.07, 6.45) is 1.80. The molecule has 3 rings (SSSR count). The van der Waals surface area contributed by atoms with Gasteiger partial charge in [0.1, 0.15) is 0 Å². The highest BCUT2D eigenvalue weighted by atomic mass is 16.5. The number of nitrogens with one attached hydrogen (secondary N) is 2. The van der Waals surface area contributed by atoms with E-state index < -0.39 is 5.92 Å². The fourth-order valence-electron chi connectivity index (χ4n) is 2.78. The van der Waals surface area contributed by atoms with Crippen LogP contribution in [0.4, 0.5) is 5.69 Å². The van der Waals surface area contributed by atoms with Crippen molar-refractivity contribution in [3.05, 3.63) is 53.7 Å². The number of aromatic nitrogens is 1. The van der Waals surface area contributed by atoms with Crippen molar-refractivity contribution in [1.29, 1.82) is 0 Å². The molecule has 0 fully saturated rings. The molecule has 24 heavy (non-hydrogen) atoms. The highest BCUT2D eigenvalue weighted by molar-refractivity contribution is 6.01. The Balaban J connectivity index is 1.73. The normalized spacial score (nSPS) is 16.0. The summed E-state index contributed by atoms with van der Waals surface area (Å²) in [5, 5.41) is 5.69. The van der Waals surface area contributed by atoms with E-state index >= 15 is 0 Å². The first kappa shape index (κ1) is 16.0. The minimum absolute atomic E-state index is 0.147. The molecule has 2 aromatic rings. The summed E-state index contributed by atoms with van der Waals surface area (Å²) in [4.78, 5) is 28.6. The Kier molecular flexibility index (Phi) is 4.74. The largest absolute Gasteiger partial charge is 0.478 e. The summed E-state index contributed by atoms with van der Waals surface area (Å²) < 4.78 is 5.46. The number of anilines is 1. The Morgan fingerprint density at radius 2 is 2.17 bits per heavy atom. The van der Waals surface area contributed by atoms with Crippen molar-refractivity contribution < 1.29 is 14.3 Å². The van der Waals surface area contributed by atoms with Crippen molar-refractivity contribution in [1.82, 2.24) is 10.3 Å². The Morgan fingerprint density at radius 1 is 1.33 bits per heavy atom. The van der Waals surface area contributed by atoms with Crippen LogP contribution in [0.15, 0.2) is 42.6 Å². The zero-order valence-electron chi connectivity index (χ0n) is 13.4. The van der Waals surface area contributed by atoms with Gasteiger partial charge in [0.25, 0.3) is 0 Å². The predicted octanol–water partition coefficient (Wildman–Crippen LogP) is 2.22. The molecule has 0 unspecified atom stereocenters. The number of nitrogens with zero attached hydrogens (tertiary/aromatic N) is 1. The number of rotatable bonds is 5. The van der Waals surface area contributed by atoms with Crippen molar-refractivity contribution in [2.45, 2.75) is 25.8 Å². The molecule has 0 radical (unpaired) electrons. The van der Waals surface area contributed by atoms with E-state index in [9.17, 15) is 9.59 Å². The van der Waals surface area contributed by atoms with Crippen LogP contribution in [0.1, 0.15) is 30.4 Å². The van der Waals surface area contributed by atoms with Crippen molar-refractivity contribution in [3.8, 4) is 5.88 Å². The number of fused-ring (bicyclic) bond motifs is 1. The molecule has 1 aromatic heterocycles. The molecule has 124 valence electrons. The van der Waals surface area contributed by atoms with Crippen molar-refractivity contribution in [3.63, 3.8) is 0 Å². The number of para-hydroxylation sites is 1. The molecule has 6 heteroatoms. The number of hydrogen-bond donors (Lipinski definition) is 2. The summed E-state index contributed by atoms with van der Waals surface area (Å²) in [6, 6.07) is 11.0. The molecule has 1 aliphatic rings. The topological polar surface area (TPSA) is 80.3 Å². The highest BCUT2D eigenvalue weighted by Crippen LogP contribution is 2.32. The molecule has 2 N–H and O–H groups in total. The fourth-order valence-corrected chi connectivity index (χ4v) is 2.78. The van der Waals surface area contributed by atoms with Crippen LogP contribution >= 0.6 is 0 Å². The van der Waals surface area contributed by atoms with Crippen LogP contribution in [0.5, 0.6) is 5.88 Å². The van der Waals surface area contributed by atoms with E-state index in [4.69, 9.17) is 4.74 Å². The first-order valence-electron chi connectivity index (χ1n) is 7.92. The molecule has 6 nitrogen and oxygen atoms in total. The zero-order chi connectivity index (χ0) is 16.9. The van der Waals surface area contributed by atoms with Gasteiger partial charge in [-0.05, 0) is 24.6 Å². The molecule has 1 aromatic carbocycles. The van der Waals surface area contributed by atoms with Crippen LogP contribution in [-0.2, 0) is 16.1 Å². The van der Waals surface area contributed by atoms with Crippen LogP contribution in [0.3, 0.4) is 0 Å². The van der Waals surface area contributed by atoms with Gasteiger partial charge in [-0.25, -0.2) is 4.98 Å². The Hall–Kier alpha value is -2.89. The fraction of sp³-hybridized carbons (Fsp3) is 0.278. The number of hydrogen-bond acceptors (Lipinski definition) is 4. The maximum Gasteiger partial charge on any atom is 0.228 e. The lowest BCUT2D eigenvalue weighted by Gasteiger charge is -2.24. The zero-order valence-corrected chi connectivity index (χ0v) is 13.4. The summed E-state index contributed by atoms with van der Waals surface area (Å²) >= 11 is 0. The number of pyridine rings is 1. The summed E-state index contributed by atoms with van der Waals surface area (Å²) in [5.74, 6) is -0.293. The molecular formula is C18H19N3O3. The van der Waals surface area contributed by atoms with E-state index in [1.54, 1.807) is 18.3 Å². The lowest BCUT2D eigenvalue weighted by Crippen LogP contribution is -2.34. The molecule has 0 spiro atoms. The maximum absolute atomic E-state index is 12.6. The minimum atomic E-state index is -0.484. The second-order valence-corrected chi connectivity index (χ2v) is 5.51. The molecule has 1 aliphatic heterocycles. The van der Waals surface area contributed by atoms with Crippen molar-refractivity contribution in [2.24, 2.45) is 0 Å². The van der Waals surface area contributed by atoms with Gasteiger partial charge in [-0.3, -0.25) is 9.59 Å². The average molecular weight is 325 g/mol. The molecule has 2 heterocycles. The SMILES string of the molecule is CCOc1ncccc1CNC(=O)[C@@H]1CC(=O)Nc2ccccc21. The molecule has 0 aliphatic carbocycles. The highest BCUT2D eigenvalue weighted by Gasteiger charge is 2.30. The van der Waals surface area contributed by atoms with Gasteiger partial charge in [-0.15, -0.1) is 0 Å². The van der Waals surface area contributed by atoms with Crippen LogP contribution in [0.25, 0.3) is 0 Å². The van der Waals surface area contributed by atoms with E-state index in [0.717, 1.165) is 11.1 Å². The molecular weight excluding hydrogens is 306 g/mol. The van der Waals surface area contributed by atoms with Gasteiger partial charge in [0.15, 0.2) is 0 Å². The van der Waals surface area contributed by atoms with E-state index in [1.807, 2.05) is 31.2 Å². The van der Waals surface area contributed by atoms with Crippen LogP contribution < -0.4 is 15.4 Å². The molecule has 0 saturated heterocycles. The lowest BCUT2D eigenvalue weighted by molar-refractivity contribution is -0.126. The van der Waals surface area contributed by atoms with Crippen molar-refractivity contribution >= 4 is 17.5 Å². The average Bonchev–Trinajstić information content (AvgIpc) is 2.60. The molecule has 0 saturated carbocycles. The quantitative estimate of drug-likeness (QED) is 0.883.